The zero-order valence-electron chi connectivity index (χ0n) is 9.22. The molecule has 0 spiro atoms. The van der Waals surface area contributed by atoms with Gasteiger partial charge in [0.05, 0.1) is 0 Å². The van der Waals surface area contributed by atoms with E-state index in [0.717, 1.165) is 13.0 Å². The highest BCUT2D eigenvalue weighted by molar-refractivity contribution is 5.73. The number of carbonyl (C=O) groups excluding carboxylic acids is 1. The topological polar surface area (TPSA) is 41.1 Å². The molecule has 0 unspecified atom stereocenters. The summed E-state index contributed by atoms with van der Waals surface area (Å²) in [4.78, 5) is 11.2. The Morgan fingerprint density at radius 1 is 1.47 bits per heavy atom. The molecule has 0 heterocycles. The van der Waals surface area contributed by atoms with Crippen molar-refractivity contribution < 1.29 is 4.79 Å². The van der Waals surface area contributed by atoms with Crippen LogP contribution in [0.2, 0.25) is 0 Å². The van der Waals surface area contributed by atoms with Gasteiger partial charge in [0.15, 0.2) is 0 Å². The van der Waals surface area contributed by atoms with Gasteiger partial charge < -0.3 is 10.6 Å². The second kappa shape index (κ2) is 7.10. The number of allylic oxidation sites excluding steroid dienone is 1. The van der Waals surface area contributed by atoms with Crippen LogP contribution in [0.5, 0.6) is 0 Å². The van der Waals surface area contributed by atoms with Crippen molar-refractivity contribution in [1.29, 1.82) is 0 Å². The van der Waals surface area contributed by atoms with Gasteiger partial charge in [0.25, 0.3) is 0 Å². The van der Waals surface area contributed by atoms with Crippen LogP contribution in [0, 0.1) is 0 Å². The van der Waals surface area contributed by atoms with Gasteiger partial charge in [0, 0.05) is 13.1 Å². The fourth-order valence-corrected chi connectivity index (χ4v) is 1.70. The second-order valence-corrected chi connectivity index (χ2v) is 3.78. The van der Waals surface area contributed by atoms with Gasteiger partial charge in [-0.1, -0.05) is 17.7 Å². The van der Waals surface area contributed by atoms with Gasteiger partial charge in [-0.3, -0.25) is 0 Å². The minimum Gasteiger partial charge on any atom is -0.338 e. The van der Waals surface area contributed by atoms with Gasteiger partial charge in [0.2, 0.25) is 0 Å². The Labute approximate surface area is 91.6 Å². The summed E-state index contributed by atoms with van der Waals surface area (Å²) in [7, 11) is 0. The number of carbonyl (C=O) groups is 1. The van der Waals surface area contributed by atoms with Crippen LogP contribution in [0.1, 0.15) is 32.1 Å². The molecular weight excluding hydrogens is 188 g/mol. The van der Waals surface area contributed by atoms with E-state index in [2.05, 4.69) is 23.3 Å². The summed E-state index contributed by atoms with van der Waals surface area (Å²) >= 11 is 0. The van der Waals surface area contributed by atoms with E-state index in [4.69, 9.17) is 0 Å². The third kappa shape index (κ3) is 5.25. The molecule has 0 aromatic carbocycles. The van der Waals surface area contributed by atoms with Crippen molar-refractivity contribution >= 4 is 6.03 Å². The monoisotopic (exact) mass is 208 g/mol. The van der Waals surface area contributed by atoms with Crippen molar-refractivity contribution in [3.8, 4) is 0 Å². The highest BCUT2D eigenvalue weighted by Crippen LogP contribution is 2.19. The first-order valence-electron chi connectivity index (χ1n) is 5.63. The first-order valence-corrected chi connectivity index (χ1v) is 5.63. The van der Waals surface area contributed by atoms with Crippen molar-refractivity contribution in [3.05, 3.63) is 24.3 Å². The maximum atomic E-state index is 11.2. The number of rotatable bonds is 5. The molecule has 1 aliphatic carbocycles. The third-order valence-corrected chi connectivity index (χ3v) is 2.52. The summed E-state index contributed by atoms with van der Waals surface area (Å²) in [6.45, 7) is 4.79. The summed E-state index contributed by atoms with van der Waals surface area (Å²) in [5.41, 5.74) is 1.49. The Balaban J connectivity index is 2.07. The van der Waals surface area contributed by atoms with E-state index in [1.165, 1.54) is 31.3 Å². The average Bonchev–Trinajstić information content (AvgIpc) is 2.28. The van der Waals surface area contributed by atoms with Crippen LogP contribution < -0.4 is 10.6 Å². The van der Waals surface area contributed by atoms with Crippen LogP contribution in [0.4, 0.5) is 4.79 Å². The smallest absolute Gasteiger partial charge is 0.315 e. The average molecular weight is 208 g/mol. The predicted molar refractivity (Wildman–Crippen MR) is 62.8 cm³/mol. The molecule has 3 heteroatoms. The molecule has 1 rings (SSSR count). The maximum absolute atomic E-state index is 11.2. The van der Waals surface area contributed by atoms with Crippen LogP contribution in [0.25, 0.3) is 0 Å². The molecule has 2 amide bonds. The quantitative estimate of drug-likeness (QED) is 0.669. The molecule has 3 nitrogen and oxygen atoms in total. The molecule has 0 bridgehead atoms. The number of nitrogens with one attached hydrogen (secondary N) is 2. The molecule has 0 fully saturated rings. The maximum Gasteiger partial charge on any atom is 0.315 e. The van der Waals surface area contributed by atoms with Crippen LogP contribution in [-0.2, 0) is 0 Å². The SMILES string of the molecule is C=CCNC(=O)NCCC1=CCCCC1. The van der Waals surface area contributed by atoms with Crippen LogP contribution in [-0.4, -0.2) is 19.1 Å². The molecule has 0 aromatic rings. The number of hydrogen-bond acceptors (Lipinski definition) is 1. The Kier molecular flexibility index (Phi) is 5.59. The molecular formula is C12H20N2O. The predicted octanol–water partition coefficient (Wildman–Crippen LogP) is 2.36. The minimum absolute atomic E-state index is 0.105. The van der Waals surface area contributed by atoms with Gasteiger partial charge >= 0.3 is 6.03 Å². The van der Waals surface area contributed by atoms with Crippen molar-refractivity contribution in [2.45, 2.75) is 32.1 Å². The standard InChI is InChI=1S/C12H20N2O/c1-2-9-13-12(15)14-10-8-11-6-4-3-5-7-11/h2,6H,1,3-5,7-10H2,(H2,13,14,15). The van der Waals surface area contributed by atoms with Crippen molar-refractivity contribution in [1.82, 2.24) is 10.6 Å². The van der Waals surface area contributed by atoms with Gasteiger partial charge in [-0.05, 0) is 32.1 Å². The molecule has 0 radical (unpaired) electrons. The van der Waals surface area contributed by atoms with Crippen molar-refractivity contribution in [3.63, 3.8) is 0 Å². The number of urea groups is 1. The molecule has 2 N–H and O–H groups in total. The van der Waals surface area contributed by atoms with E-state index in [-0.39, 0.29) is 6.03 Å². The number of hydrogen-bond donors (Lipinski definition) is 2. The van der Waals surface area contributed by atoms with E-state index < -0.39 is 0 Å². The van der Waals surface area contributed by atoms with E-state index in [1.807, 2.05) is 0 Å². The van der Waals surface area contributed by atoms with Crippen LogP contribution in [0.3, 0.4) is 0 Å². The zero-order chi connectivity index (χ0) is 10.9. The second-order valence-electron chi connectivity index (χ2n) is 3.78. The first kappa shape index (κ1) is 11.8. The lowest BCUT2D eigenvalue weighted by molar-refractivity contribution is 0.242. The molecule has 0 saturated carbocycles. The van der Waals surface area contributed by atoms with Crippen LogP contribution >= 0.6 is 0 Å². The molecule has 15 heavy (non-hydrogen) atoms. The third-order valence-electron chi connectivity index (χ3n) is 2.52. The fraction of sp³-hybridized carbons (Fsp3) is 0.583. The summed E-state index contributed by atoms with van der Waals surface area (Å²) in [5, 5.41) is 5.51. The van der Waals surface area contributed by atoms with E-state index in [0.29, 0.717) is 6.54 Å². The highest BCUT2D eigenvalue weighted by Gasteiger charge is 2.03. The summed E-state index contributed by atoms with van der Waals surface area (Å²) in [6.07, 6.45) is 10.00. The minimum atomic E-state index is -0.105. The van der Waals surface area contributed by atoms with Gasteiger partial charge in [-0.25, -0.2) is 4.79 Å². The van der Waals surface area contributed by atoms with E-state index in [9.17, 15) is 4.79 Å². The summed E-state index contributed by atoms with van der Waals surface area (Å²) in [5.74, 6) is 0. The lowest BCUT2D eigenvalue weighted by Crippen LogP contribution is -2.36. The van der Waals surface area contributed by atoms with Crippen molar-refractivity contribution in [2.75, 3.05) is 13.1 Å². The van der Waals surface area contributed by atoms with Crippen LogP contribution in [0.15, 0.2) is 24.3 Å². The Morgan fingerprint density at radius 3 is 3.00 bits per heavy atom. The highest BCUT2D eigenvalue weighted by atomic mass is 16.2. The first-order chi connectivity index (χ1) is 7.33. The Hall–Kier alpha value is -1.25. The van der Waals surface area contributed by atoms with E-state index in [1.54, 1.807) is 6.08 Å². The fourth-order valence-electron chi connectivity index (χ4n) is 1.70. The van der Waals surface area contributed by atoms with E-state index >= 15 is 0 Å². The number of amides is 2. The Bertz CT molecular complexity index is 246. The largest absolute Gasteiger partial charge is 0.338 e. The lowest BCUT2D eigenvalue weighted by Gasteiger charge is -2.12. The lowest BCUT2D eigenvalue weighted by atomic mass is 9.97. The summed E-state index contributed by atoms with van der Waals surface area (Å²) < 4.78 is 0. The van der Waals surface area contributed by atoms with Gasteiger partial charge in [-0.15, -0.1) is 6.58 Å². The normalized spacial score (nSPS) is 15.3. The molecule has 84 valence electrons. The zero-order valence-corrected chi connectivity index (χ0v) is 9.22. The molecule has 1 aliphatic rings. The molecule has 0 aromatic heterocycles. The molecule has 0 atom stereocenters. The van der Waals surface area contributed by atoms with Gasteiger partial charge in [-0.2, -0.15) is 0 Å². The van der Waals surface area contributed by atoms with Crippen molar-refractivity contribution in [2.24, 2.45) is 0 Å². The Morgan fingerprint density at radius 2 is 2.33 bits per heavy atom. The molecule has 0 aliphatic heterocycles. The summed E-state index contributed by atoms with van der Waals surface area (Å²) in [6, 6.07) is -0.105. The van der Waals surface area contributed by atoms with Gasteiger partial charge in [0.1, 0.15) is 0 Å². The molecule has 0 saturated heterocycles.